The standard InChI is InChI=1S/C14H20N2O5/c15-8-4-3-7-12(14(19)20)16-21-9-10-5-1-2-6-11(10)13(17)18/h1-2,5-6,12,16H,3-4,7-9,15H2,(H,17,18)(H,19,20)/t12-/m0/s1. The maximum atomic E-state index is 11.0. The summed E-state index contributed by atoms with van der Waals surface area (Å²) in [6, 6.07) is 5.56. The molecule has 7 heteroatoms. The van der Waals surface area contributed by atoms with E-state index in [0.29, 0.717) is 24.9 Å². The second kappa shape index (κ2) is 9.06. The van der Waals surface area contributed by atoms with Crippen LogP contribution in [0, 0.1) is 0 Å². The van der Waals surface area contributed by atoms with Crippen LogP contribution in [-0.4, -0.2) is 34.7 Å². The summed E-state index contributed by atoms with van der Waals surface area (Å²) >= 11 is 0. The van der Waals surface area contributed by atoms with Gasteiger partial charge in [-0.15, -0.1) is 0 Å². The summed E-state index contributed by atoms with van der Waals surface area (Å²) in [7, 11) is 0. The Morgan fingerprint density at radius 2 is 1.95 bits per heavy atom. The van der Waals surface area contributed by atoms with Gasteiger partial charge in [0, 0.05) is 0 Å². The van der Waals surface area contributed by atoms with Crippen LogP contribution in [0.15, 0.2) is 24.3 Å². The highest BCUT2D eigenvalue weighted by atomic mass is 16.6. The first-order valence-electron chi connectivity index (χ1n) is 6.67. The van der Waals surface area contributed by atoms with Gasteiger partial charge < -0.3 is 15.9 Å². The molecule has 0 aliphatic rings. The van der Waals surface area contributed by atoms with E-state index in [4.69, 9.17) is 20.8 Å². The third-order valence-electron chi connectivity index (χ3n) is 2.95. The highest BCUT2D eigenvalue weighted by molar-refractivity contribution is 5.89. The van der Waals surface area contributed by atoms with Crippen molar-refractivity contribution in [3.63, 3.8) is 0 Å². The predicted molar refractivity (Wildman–Crippen MR) is 75.7 cm³/mol. The molecule has 0 saturated carbocycles. The van der Waals surface area contributed by atoms with Crippen LogP contribution in [0.3, 0.4) is 0 Å². The van der Waals surface area contributed by atoms with Gasteiger partial charge in [-0.3, -0.25) is 9.63 Å². The molecule has 1 aromatic rings. The van der Waals surface area contributed by atoms with E-state index in [2.05, 4.69) is 5.48 Å². The SMILES string of the molecule is NCCCC[C@H](NOCc1ccccc1C(=O)O)C(=O)O. The van der Waals surface area contributed by atoms with Crippen molar-refractivity contribution >= 4 is 11.9 Å². The molecular weight excluding hydrogens is 276 g/mol. The number of nitrogens with one attached hydrogen (secondary N) is 1. The first-order chi connectivity index (χ1) is 10.1. The van der Waals surface area contributed by atoms with E-state index in [1.165, 1.54) is 6.07 Å². The molecule has 7 nitrogen and oxygen atoms in total. The zero-order valence-electron chi connectivity index (χ0n) is 11.6. The van der Waals surface area contributed by atoms with Gasteiger partial charge in [-0.05, 0) is 37.4 Å². The molecule has 1 aromatic carbocycles. The Labute approximate surface area is 122 Å². The number of aliphatic carboxylic acids is 1. The second-order valence-corrected chi connectivity index (χ2v) is 4.54. The Balaban J connectivity index is 2.50. The molecule has 21 heavy (non-hydrogen) atoms. The van der Waals surface area contributed by atoms with Gasteiger partial charge >= 0.3 is 11.9 Å². The smallest absolute Gasteiger partial charge is 0.336 e. The molecule has 0 radical (unpaired) electrons. The van der Waals surface area contributed by atoms with Gasteiger partial charge in [0.1, 0.15) is 6.04 Å². The summed E-state index contributed by atoms with van der Waals surface area (Å²) < 4.78 is 0. The summed E-state index contributed by atoms with van der Waals surface area (Å²) in [5.41, 5.74) is 8.43. The molecule has 0 aliphatic heterocycles. The number of carboxylic acids is 2. The van der Waals surface area contributed by atoms with Crippen LogP contribution >= 0.6 is 0 Å². The molecule has 1 rings (SSSR count). The molecule has 116 valence electrons. The number of unbranched alkanes of at least 4 members (excludes halogenated alkanes) is 1. The molecule has 0 saturated heterocycles. The van der Waals surface area contributed by atoms with Crippen molar-refractivity contribution < 1.29 is 24.6 Å². The first-order valence-corrected chi connectivity index (χ1v) is 6.67. The fraction of sp³-hybridized carbons (Fsp3) is 0.429. The Morgan fingerprint density at radius 1 is 1.24 bits per heavy atom. The van der Waals surface area contributed by atoms with Crippen molar-refractivity contribution in [2.75, 3.05) is 6.54 Å². The highest BCUT2D eigenvalue weighted by Gasteiger charge is 2.17. The summed E-state index contributed by atoms with van der Waals surface area (Å²) in [4.78, 5) is 27.2. The van der Waals surface area contributed by atoms with E-state index in [0.717, 1.165) is 6.42 Å². The molecule has 1 atom stereocenters. The Morgan fingerprint density at radius 3 is 2.57 bits per heavy atom. The average molecular weight is 296 g/mol. The molecule has 0 amide bonds. The Hall–Kier alpha value is -1.96. The number of carbonyl (C=O) groups is 2. The van der Waals surface area contributed by atoms with Crippen LogP contribution < -0.4 is 11.2 Å². The molecule has 0 aliphatic carbocycles. The van der Waals surface area contributed by atoms with Gasteiger partial charge in [-0.1, -0.05) is 18.2 Å². The van der Waals surface area contributed by atoms with Crippen LogP contribution in [0.4, 0.5) is 0 Å². The first kappa shape index (κ1) is 17.1. The lowest BCUT2D eigenvalue weighted by Gasteiger charge is -2.14. The van der Waals surface area contributed by atoms with Crippen molar-refractivity contribution in [3.05, 3.63) is 35.4 Å². The zero-order chi connectivity index (χ0) is 15.7. The molecule has 0 fully saturated rings. The van der Waals surface area contributed by atoms with E-state index in [-0.39, 0.29) is 12.2 Å². The number of rotatable bonds is 10. The maximum Gasteiger partial charge on any atom is 0.336 e. The predicted octanol–water partition coefficient (Wildman–Crippen LogP) is 0.988. The van der Waals surface area contributed by atoms with Crippen molar-refractivity contribution in [2.45, 2.75) is 31.9 Å². The van der Waals surface area contributed by atoms with E-state index < -0.39 is 18.0 Å². The summed E-state index contributed by atoms with van der Waals surface area (Å²) in [5, 5.41) is 18.1. The maximum absolute atomic E-state index is 11.0. The third-order valence-corrected chi connectivity index (χ3v) is 2.95. The molecule has 0 unspecified atom stereocenters. The number of hydrogen-bond donors (Lipinski definition) is 4. The fourth-order valence-electron chi connectivity index (χ4n) is 1.80. The van der Waals surface area contributed by atoms with Crippen LogP contribution in [0.5, 0.6) is 0 Å². The van der Waals surface area contributed by atoms with Gasteiger partial charge in [0.15, 0.2) is 0 Å². The molecule has 0 spiro atoms. The topological polar surface area (TPSA) is 122 Å². The number of hydroxylamine groups is 1. The minimum Gasteiger partial charge on any atom is -0.480 e. The van der Waals surface area contributed by atoms with Crippen molar-refractivity contribution in [2.24, 2.45) is 5.73 Å². The largest absolute Gasteiger partial charge is 0.480 e. The molecule has 0 heterocycles. The van der Waals surface area contributed by atoms with Crippen LogP contribution in [0.2, 0.25) is 0 Å². The molecule has 0 bridgehead atoms. The number of benzene rings is 1. The van der Waals surface area contributed by atoms with Crippen LogP contribution in [0.1, 0.15) is 35.2 Å². The zero-order valence-corrected chi connectivity index (χ0v) is 11.6. The number of carboxylic acid groups (broad SMARTS) is 2. The lowest BCUT2D eigenvalue weighted by Crippen LogP contribution is -2.36. The van der Waals surface area contributed by atoms with Crippen molar-refractivity contribution in [1.29, 1.82) is 0 Å². The summed E-state index contributed by atoms with van der Waals surface area (Å²) in [6.45, 7) is 0.488. The van der Waals surface area contributed by atoms with E-state index >= 15 is 0 Å². The van der Waals surface area contributed by atoms with Gasteiger partial charge in [0.2, 0.25) is 0 Å². The fourth-order valence-corrected chi connectivity index (χ4v) is 1.80. The summed E-state index contributed by atoms with van der Waals surface area (Å²) in [5.74, 6) is -2.06. The second-order valence-electron chi connectivity index (χ2n) is 4.54. The van der Waals surface area contributed by atoms with Gasteiger partial charge in [-0.2, -0.15) is 5.48 Å². The molecular formula is C14H20N2O5. The quantitative estimate of drug-likeness (QED) is 0.375. The highest BCUT2D eigenvalue weighted by Crippen LogP contribution is 2.10. The minimum atomic E-state index is -1.05. The van der Waals surface area contributed by atoms with Crippen molar-refractivity contribution in [3.8, 4) is 0 Å². The number of hydrogen-bond acceptors (Lipinski definition) is 5. The Kier molecular flexibility index (Phi) is 7.38. The van der Waals surface area contributed by atoms with E-state index in [1.54, 1.807) is 18.2 Å². The van der Waals surface area contributed by atoms with Crippen LogP contribution in [-0.2, 0) is 16.2 Å². The number of nitrogens with two attached hydrogens (primary N) is 1. The average Bonchev–Trinajstić information content (AvgIpc) is 2.45. The molecule has 0 aromatic heterocycles. The third kappa shape index (κ3) is 5.90. The molecule has 5 N–H and O–H groups in total. The number of aromatic carboxylic acids is 1. The monoisotopic (exact) mass is 296 g/mol. The lowest BCUT2D eigenvalue weighted by molar-refractivity contribution is -0.145. The van der Waals surface area contributed by atoms with Crippen molar-refractivity contribution in [1.82, 2.24) is 5.48 Å². The minimum absolute atomic E-state index is 0.0247. The summed E-state index contributed by atoms with van der Waals surface area (Å²) in [6.07, 6.45) is 1.82. The Bertz CT molecular complexity index is 478. The normalized spacial score (nSPS) is 12.0. The van der Waals surface area contributed by atoms with Gasteiger partial charge in [0.25, 0.3) is 0 Å². The van der Waals surface area contributed by atoms with E-state index in [1.807, 2.05) is 0 Å². The van der Waals surface area contributed by atoms with E-state index in [9.17, 15) is 9.59 Å². The lowest BCUT2D eigenvalue weighted by atomic mass is 10.1. The van der Waals surface area contributed by atoms with Gasteiger partial charge in [-0.25, -0.2) is 4.79 Å². The van der Waals surface area contributed by atoms with Crippen LogP contribution in [0.25, 0.3) is 0 Å². The van der Waals surface area contributed by atoms with Gasteiger partial charge in [0.05, 0.1) is 12.2 Å².